The van der Waals surface area contributed by atoms with Crippen LogP contribution in [0.4, 0.5) is 0 Å². The molecule has 0 saturated heterocycles. The molecule has 0 aromatic carbocycles. The van der Waals surface area contributed by atoms with Crippen LogP contribution in [-0.2, 0) is 0 Å². The summed E-state index contributed by atoms with van der Waals surface area (Å²) < 4.78 is 0. The molecule has 0 amide bonds. The summed E-state index contributed by atoms with van der Waals surface area (Å²) in [6.07, 6.45) is 4.13. The van der Waals surface area contributed by atoms with Gasteiger partial charge in [0.1, 0.15) is 0 Å². The van der Waals surface area contributed by atoms with Gasteiger partial charge >= 0.3 is 0 Å². The van der Waals surface area contributed by atoms with E-state index in [0.717, 1.165) is 38.8 Å². The maximum Gasteiger partial charge on any atom is 0.0431 e. The lowest BCUT2D eigenvalue weighted by molar-refractivity contribution is 0.283. The fraction of sp³-hybridized carbons (Fsp3) is 0.800. The molecule has 0 aromatic heterocycles. The zero-order chi connectivity index (χ0) is 9.07. The Balaban J connectivity index is 2.84. The van der Waals surface area contributed by atoms with E-state index >= 15 is 0 Å². The van der Waals surface area contributed by atoms with E-state index in [2.05, 4.69) is 17.2 Å². The second-order valence-corrected chi connectivity index (χ2v) is 2.71. The Labute approximate surface area is 75.4 Å². The monoisotopic (exact) mass is 169 g/mol. The topological polar surface area (TPSA) is 32.3 Å². The number of nitrogens with one attached hydrogen (secondary N) is 1. The summed E-state index contributed by atoms with van der Waals surface area (Å²) in [6.45, 7) is 4.22. The Morgan fingerprint density at radius 1 is 1.17 bits per heavy atom. The number of aliphatic hydroxyl groups is 1. The van der Waals surface area contributed by atoms with Crippen LogP contribution in [0.2, 0.25) is 0 Å². The maximum atomic E-state index is 8.50. The molecule has 70 valence electrons. The molecule has 0 bridgehead atoms. The lowest BCUT2D eigenvalue weighted by Crippen LogP contribution is -2.16. The van der Waals surface area contributed by atoms with E-state index < -0.39 is 0 Å². The molecule has 12 heavy (non-hydrogen) atoms. The first-order chi connectivity index (χ1) is 5.91. The molecule has 0 heterocycles. The standard InChI is InChI=1S/C10H19NO/c1-2-3-5-8-11-9-6-4-7-10-12/h11-12H,4-10H2,1H3. The van der Waals surface area contributed by atoms with Gasteiger partial charge in [-0.15, -0.1) is 11.8 Å². The molecule has 2 heteroatoms. The highest BCUT2D eigenvalue weighted by Gasteiger charge is 1.87. The van der Waals surface area contributed by atoms with E-state index in [-0.39, 0.29) is 0 Å². The molecule has 0 unspecified atom stereocenters. The zero-order valence-corrected chi connectivity index (χ0v) is 7.90. The highest BCUT2D eigenvalue weighted by Crippen LogP contribution is 1.91. The minimum absolute atomic E-state index is 0.321. The Morgan fingerprint density at radius 3 is 2.67 bits per heavy atom. The smallest absolute Gasteiger partial charge is 0.0431 e. The van der Waals surface area contributed by atoms with E-state index in [9.17, 15) is 0 Å². The minimum atomic E-state index is 0.321. The SMILES string of the molecule is CC#CCCNCCCCCO. The highest BCUT2D eigenvalue weighted by atomic mass is 16.2. The Bertz CT molecular complexity index is 135. The van der Waals surface area contributed by atoms with Crippen molar-refractivity contribution in [3.8, 4) is 11.8 Å². The largest absolute Gasteiger partial charge is 0.396 e. The third kappa shape index (κ3) is 9.48. The highest BCUT2D eigenvalue weighted by molar-refractivity contribution is 4.94. The first-order valence-corrected chi connectivity index (χ1v) is 4.63. The predicted molar refractivity (Wildman–Crippen MR) is 51.9 cm³/mol. The van der Waals surface area contributed by atoms with Crippen LogP contribution >= 0.6 is 0 Å². The van der Waals surface area contributed by atoms with Crippen molar-refractivity contribution in [2.75, 3.05) is 19.7 Å². The minimum Gasteiger partial charge on any atom is -0.396 e. The number of aliphatic hydroxyl groups excluding tert-OH is 1. The van der Waals surface area contributed by atoms with E-state index in [1.54, 1.807) is 0 Å². The average Bonchev–Trinajstić information content (AvgIpc) is 2.10. The fourth-order valence-electron chi connectivity index (χ4n) is 0.939. The summed E-state index contributed by atoms with van der Waals surface area (Å²) >= 11 is 0. The van der Waals surface area contributed by atoms with Gasteiger partial charge in [-0.2, -0.15) is 0 Å². The van der Waals surface area contributed by atoms with Gasteiger partial charge in [0.15, 0.2) is 0 Å². The predicted octanol–water partition coefficient (Wildman–Crippen LogP) is 1.15. The molecular formula is C10H19NO. The summed E-state index contributed by atoms with van der Waals surface area (Å²) in [5, 5.41) is 11.8. The van der Waals surface area contributed by atoms with Gasteiger partial charge in [-0.05, 0) is 32.7 Å². The molecule has 0 rings (SSSR count). The normalized spacial score (nSPS) is 9.17. The van der Waals surface area contributed by atoms with Crippen molar-refractivity contribution in [1.29, 1.82) is 0 Å². The van der Waals surface area contributed by atoms with Crippen molar-refractivity contribution < 1.29 is 5.11 Å². The van der Waals surface area contributed by atoms with Crippen molar-refractivity contribution in [3.05, 3.63) is 0 Å². The van der Waals surface area contributed by atoms with Crippen LogP contribution in [0.1, 0.15) is 32.6 Å². The Hall–Kier alpha value is -0.520. The molecule has 2 nitrogen and oxygen atoms in total. The lowest BCUT2D eigenvalue weighted by Gasteiger charge is -2.00. The van der Waals surface area contributed by atoms with Gasteiger partial charge in [-0.25, -0.2) is 0 Å². The average molecular weight is 169 g/mol. The van der Waals surface area contributed by atoms with Gasteiger partial charge in [0.25, 0.3) is 0 Å². The second kappa shape index (κ2) is 10.5. The molecule has 0 aliphatic rings. The fourth-order valence-corrected chi connectivity index (χ4v) is 0.939. The van der Waals surface area contributed by atoms with E-state index in [0.29, 0.717) is 6.61 Å². The van der Waals surface area contributed by atoms with E-state index in [4.69, 9.17) is 5.11 Å². The molecule has 0 aliphatic heterocycles. The Kier molecular flexibility index (Phi) is 10.0. The molecule has 0 saturated carbocycles. The van der Waals surface area contributed by atoms with Crippen LogP contribution in [-0.4, -0.2) is 24.8 Å². The van der Waals surface area contributed by atoms with Gasteiger partial charge in [-0.3, -0.25) is 0 Å². The molecule has 0 atom stereocenters. The van der Waals surface area contributed by atoms with E-state index in [1.807, 2.05) is 6.92 Å². The molecule has 0 spiro atoms. The van der Waals surface area contributed by atoms with Gasteiger partial charge < -0.3 is 10.4 Å². The summed E-state index contributed by atoms with van der Waals surface area (Å²) in [5.74, 6) is 5.85. The molecule has 0 aliphatic carbocycles. The van der Waals surface area contributed by atoms with Gasteiger partial charge in [0.2, 0.25) is 0 Å². The van der Waals surface area contributed by atoms with Crippen LogP contribution in [0.3, 0.4) is 0 Å². The van der Waals surface area contributed by atoms with Crippen molar-refractivity contribution in [2.24, 2.45) is 0 Å². The quantitative estimate of drug-likeness (QED) is 0.442. The van der Waals surface area contributed by atoms with Crippen LogP contribution in [0, 0.1) is 11.8 Å². The molecule has 0 radical (unpaired) electrons. The molecule has 0 fully saturated rings. The summed E-state index contributed by atoms with van der Waals surface area (Å²) in [4.78, 5) is 0. The van der Waals surface area contributed by atoms with Gasteiger partial charge in [0, 0.05) is 19.6 Å². The number of rotatable bonds is 7. The number of unbranched alkanes of at least 4 members (excludes halogenated alkanes) is 2. The summed E-state index contributed by atoms with van der Waals surface area (Å²) in [5.41, 5.74) is 0. The van der Waals surface area contributed by atoms with Crippen LogP contribution in [0.25, 0.3) is 0 Å². The van der Waals surface area contributed by atoms with Crippen LogP contribution in [0.15, 0.2) is 0 Å². The first-order valence-electron chi connectivity index (χ1n) is 4.63. The maximum absolute atomic E-state index is 8.50. The number of hydrogen-bond acceptors (Lipinski definition) is 2. The summed E-state index contributed by atoms with van der Waals surface area (Å²) in [6, 6.07) is 0. The molecule has 0 aromatic rings. The van der Waals surface area contributed by atoms with Crippen LogP contribution < -0.4 is 5.32 Å². The molecular weight excluding hydrogens is 150 g/mol. The second-order valence-electron chi connectivity index (χ2n) is 2.71. The number of hydrogen-bond donors (Lipinski definition) is 2. The third-order valence-corrected chi connectivity index (χ3v) is 1.62. The van der Waals surface area contributed by atoms with Gasteiger partial charge in [0.05, 0.1) is 0 Å². The summed E-state index contributed by atoms with van der Waals surface area (Å²) in [7, 11) is 0. The zero-order valence-electron chi connectivity index (χ0n) is 7.90. The third-order valence-electron chi connectivity index (χ3n) is 1.62. The van der Waals surface area contributed by atoms with Crippen molar-refractivity contribution in [2.45, 2.75) is 32.6 Å². The van der Waals surface area contributed by atoms with Gasteiger partial charge in [-0.1, -0.05) is 0 Å². The molecule has 2 N–H and O–H groups in total. The van der Waals surface area contributed by atoms with Crippen LogP contribution in [0.5, 0.6) is 0 Å². The first kappa shape index (κ1) is 11.5. The lowest BCUT2D eigenvalue weighted by atomic mass is 10.2. The Morgan fingerprint density at radius 2 is 2.00 bits per heavy atom. The van der Waals surface area contributed by atoms with Crippen molar-refractivity contribution >= 4 is 0 Å². The van der Waals surface area contributed by atoms with Crippen molar-refractivity contribution in [3.63, 3.8) is 0 Å². The van der Waals surface area contributed by atoms with E-state index in [1.165, 1.54) is 0 Å². The van der Waals surface area contributed by atoms with Crippen molar-refractivity contribution in [1.82, 2.24) is 5.32 Å².